The molecule has 2 unspecified atom stereocenters. The van der Waals surface area contributed by atoms with Crippen LogP contribution in [0.1, 0.15) is 29.7 Å². The smallest absolute Gasteiger partial charge is 0.305 e. The predicted octanol–water partition coefficient (Wildman–Crippen LogP) is 3.60. The second-order valence-electron chi connectivity index (χ2n) is 5.90. The minimum Gasteiger partial charge on any atom is -0.495 e. The number of hydrogen-bond donors (Lipinski definition) is 1. The molecule has 136 valence electrons. The monoisotopic (exact) mass is 375 g/mol. The zero-order valence-corrected chi connectivity index (χ0v) is 15.3. The molecule has 1 amide bonds. The molecule has 1 aliphatic rings. The van der Waals surface area contributed by atoms with Crippen LogP contribution in [-0.2, 0) is 19.1 Å². The third-order valence-electron chi connectivity index (χ3n) is 3.99. The summed E-state index contributed by atoms with van der Waals surface area (Å²) in [7, 11) is 1.52. The largest absolute Gasteiger partial charge is 0.495 e. The molecule has 2 atom stereocenters. The molecule has 0 radical (unpaired) electrons. The van der Waals surface area contributed by atoms with Gasteiger partial charge in [0.1, 0.15) is 11.9 Å². The molecule has 2 aromatic carbocycles. The molecule has 1 heterocycles. The Bertz CT molecular complexity index is 867. The van der Waals surface area contributed by atoms with Crippen molar-refractivity contribution in [3.05, 3.63) is 58.1 Å². The van der Waals surface area contributed by atoms with Crippen molar-refractivity contribution >= 4 is 29.2 Å². The molecule has 2 aromatic rings. The van der Waals surface area contributed by atoms with Crippen molar-refractivity contribution < 1.29 is 23.8 Å². The molecule has 0 fully saturated rings. The van der Waals surface area contributed by atoms with Gasteiger partial charge in [-0.05, 0) is 19.1 Å². The van der Waals surface area contributed by atoms with E-state index >= 15 is 0 Å². The Balaban J connectivity index is 2.15. The molecule has 1 aliphatic heterocycles. The van der Waals surface area contributed by atoms with Crippen molar-refractivity contribution in [2.75, 3.05) is 12.4 Å². The van der Waals surface area contributed by atoms with Crippen molar-refractivity contribution in [2.24, 2.45) is 0 Å². The summed E-state index contributed by atoms with van der Waals surface area (Å²) in [4.78, 5) is 23.8. The third kappa shape index (κ3) is 3.52. The Morgan fingerprint density at radius 2 is 2.00 bits per heavy atom. The number of fused-ring (bicyclic) bond motifs is 1. The highest BCUT2D eigenvalue weighted by Crippen LogP contribution is 2.41. The lowest BCUT2D eigenvalue weighted by Gasteiger charge is -2.23. The number of methoxy groups -OCH3 is 1. The number of benzene rings is 2. The highest BCUT2D eigenvalue weighted by atomic mass is 35.5. The quantitative estimate of drug-likeness (QED) is 0.829. The molecule has 0 aromatic heterocycles. The predicted molar refractivity (Wildman–Crippen MR) is 96.3 cm³/mol. The second kappa shape index (κ2) is 7.35. The molecule has 0 aliphatic carbocycles. The van der Waals surface area contributed by atoms with Gasteiger partial charge in [-0.1, -0.05) is 41.4 Å². The maximum atomic E-state index is 12.4. The number of anilines is 1. The fraction of sp³-hybridized carbons (Fsp3) is 0.263. The van der Waals surface area contributed by atoms with Crippen LogP contribution in [0.5, 0.6) is 5.75 Å². The lowest BCUT2D eigenvalue weighted by atomic mass is 9.97. The number of amides is 1. The molecule has 6 nitrogen and oxygen atoms in total. The van der Waals surface area contributed by atoms with Crippen molar-refractivity contribution in [1.29, 1.82) is 0 Å². The Morgan fingerprint density at radius 3 is 2.69 bits per heavy atom. The van der Waals surface area contributed by atoms with Gasteiger partial charge in [-0.15, -0.1) is 0 Å². The normalized spacial score (nSPS) is 19.2. The minimum atomic E-state index is -1.40. The number of halogens is 1. The third-order valence-corrected chi connectivity index (χ3v) is 4.39. The van der Waals surface area contributed by atoms with Gasteiger partial charge in [0.2, 0.25) is 0 Å². The molecule has 1 N–H and O–H groups in total. The molecule has 0 bridgehead atoms. The summed E-state index contributed by atoms with van der Waals surface area (Å²) < 4.78 is 16.2. The maximum Gasteiger partial charge on any atom is 0.305 e. The SMILES string of the molecule is COc1cccc(C2OC(OC(C)=O)C(=O)Nc3ccc(C)cc32)c1Cl. The lowest BCUT2D eigenvalue weighted by molar-refractivity contribution is -0.187. The minimum absolute atomic E-state index is 0.364. The van der Waals surface area contributed by atoms with E-state index in [0.717, 1.165) is 5.56 Å². The molecular weight excluding hydrogens is 358 g/mol. The first-order valence-electron chi connectivity index (χ1n) is 7.97. The average Bonchev–Trinajstić information content (AvgIpc) is 2.72. The van der Waals surface area contributed by atoms with Crippen LogP contribution >= 0.6 is 11.6 Å². The Kier molecular flexibility index (Phi) is 5.15. The van der Waals surface area contributed by atoms with Crippen LogP contribution in [0.25, 0.3) is 0 Å². The number of nitrogens with one attached hydrogen (secondary N) is 1. The van der Waals surface area contributed by atoms with E-state index in [1.54, 1.807) is 24.3 Å². The van der Waals surface area contributed by atoms with Crippen LogP contribution in [0.2, 0.25) is 5.02 Å². The van der Waals surface area contributed by atoms with Crippen LogP contribution in [0, 0.1) is 6.92 Å². The van der Waals surface area contributed by atoms with Gasteiger partial charge < -0.3 is 19.5 Å². The number of carbonyl (C=O) groups is 2. The second-order valence-corrected chi connectivity index (χ2v) is 6.28. The van der Waals surface area contributed by atoms with E-state index in [1.165, 1.54) is 14.0 Å². The highest BCUT2D eigenvalue weighted by Gasteiger charge is 2.35. The van der Waals surface area contributed by atoms with Crippen molar-refractivity contribution in [3.8, 4) is 5.75 Å². The summed E-state index contributed by atoms with van der Waals surface area (Å²) in [6, 6.07) is 10.8. The summed E-state index contributed by atoms with van der Waals surface area (Å²) in [6.45, 7) is 3.15. The topological polar surface area (TPSA) is 73.9 Å². The van der Waals surface area contributed by atoms with Crippen LogP contribution in [0.15, 0.2) is 36.4 Å². The van der Waals surface area contributed by atoms with Crippen molar-refractivity contribution in [1.82, 2.24) is 0 Å². The van der Waals surface area contributed by atoms with Crippen molar-refractivity contribution in [2.45, 2.75) is 26.2 Å². The standard InChI is InChI=1S/C19H18ClNO5/c1-10-7-8-14-13(9-10)17(12-5-4-6-15(24-3)16(12)20)26-19(18(23)21-14)25-11(2)22/h4-9,17,19H,1-3H3,(H,21,23). The van der Waals surface area contributed by atoms with Gasteiger partial charge in [0.05, 0.1) is 12.1 Å². The highest BCUT2D eigenvalue weighted by molar-refractivity contribution is 6.33. The van der Waals surface area contributed by atoms with Crippen LogP contribution in [0.4, 0.5) is 5.69 Å². The number of aryl methyl sites for hydroxylation is 1. The summed E-state index contributed by atoms with van der Waals surface area (Å²) in [5.74, 6) is -0.705. The van der Waals surface area contributed by atoms with Crippen LogP contribution in [0.3, 0.4) is 0 Å². The van der Waals surface area contributed by atoms with E-state index in [-0.39, 0.29) is 0 Å². The molecule has 0 spiro atoms. The van der Waals surface area contributed by atoms with Crippen LogP contribution < -0.4 is 10.1 Å². The fourth-order valence-electron chi connectivity index (χ4n) is 2.82. The molecule has 0 saturated carbocycles. The van der Waals surface area contributed by atoms with E-state index in [0.29, 0.717) is 27.6 Å². The number of hydrogen-bond acceptors (Lipinski definition) is 5. The molecule has 0 saturated heterocycles. The number of esters is 1. The summed E-state index contributed by atoms with van der Waals surface area (Å²) in [6.07, 6.45) is -2.12. The van der Waals surface area contributed by atoms with Gasteiger partial charge in [0.25, 0.3) is 12.2 Å². The van der Waals surface area contributed by atoms with E-state index in [2.05, 4.69) is 5.32 Å². The van der Waals surface area contributed by atoms with E-state index in [1.807, 2.05) is 19.1 Å². The van der Waals surface area contributed by atoms with Gasteiger partial charge in [0, 0.05) is 23.7 Å². The Labute approximate surface area is 156 Å². The van der Waals surface area contributed by atoms with Gasteiger partial charge in [-0.3, -0.25) is 9.59 Å². The first-order valence-corrected chi connectivity index (χ1v) is 8.35. The molecule has 3 rings (SSSR count). The number of rotatable bonds is 3. The summed E-state index contributed by atoms with van der Waals surface area (Å²) in [5, 5.41) is 3.10. The lowest BCUT2D eigenvalue weighted by Crippen LogP contribution is -2.33. The van der Waals surface area contributed by atoms with E-state index in [4.69, 9.17) is 25.8 Å². The van der Waals surface area contributed by atoms with Crippen molar-refractivity contribution in [3.63, 3.8) is 0 Å². The van der Waals surface area contributed by atoms with Gasteiger partial charge in [-0.2, -0.15) is 0 Å². The zero-order valence-electron chi connectivity index (χ0n) is 14.5. The Morgan fingerprint density at radius 1 is 1.23 bits per heavy atom. The molecule has 7 heteroatoms. The Hall–Kier alpha value is -2.57. The van der Waals surface area contributed by atoms with E-state index in [9.17, 15) is 9.59 Å². The maximum absolute atomic E-state index is 12.4. The first kappa shape index (κ1) is 18.2. The van der Waals surface area contributed by atoms with Gasteiger partial charge in [0.15, 0.2) is 0 Å². The van der Waals surface area contributed by atoms with E-state index < -0.39 is 24.3 Å². The number of carbonyl (C=O) groups excluding carboxylic acids is 2. The summed E-state index contributed by atoms with van der Waals surface area (Å²) in [5.41, 5.74) is 2.87. The number of ether oxygens (including phenoxy) is 3. The zero-order chi connectivity index (χ0) is 18.8. The van der Waals surface area contributed by atoms with Gasteiger partial charge in [-0.25, -0.2) is 0 Å². The first-order chi connectivity index (χ1) is 12.4. The molecule has 26 heavy (non-hydrogen) atoms. The summed E-state index contributed by atoms with van der Waals surface area (Å²) >= 11 is 6.47. The van der Waals surface area contributed by atoms with Crippen LogP contribution in [-0.4, -0.2) is 25.3 Å². The van der Waals surface area contributed by atoms with Gasteiger partial charge >= 0.3 is 5.97 Å². The fourth-order valence-corrected chi connectivity index (χ4v) is 3.13. The molecular formula is C19H18ClNO5. The average molecular weight is 376 g/mol.